The fourth-order valence-corrected chi connectivity index (χ4v) is 8.27. The first-order chi connectivity index (χ1) is 23.8. The predicted molar refractivity (Wildman–Crippen MR) is 200 cm³/mol. The summed E-state index contributed by atoms with van der Waals surface area (Å²) in [7, 11) is -9.28. The van der Waals surface area contributed by atoms with Crippen molar-refractivity contribution < 1.29 is 25.9 Å². The molecule has 6 aromatic carbocycles. The molecule has 0 aliphatic rings. The van der Waals surface area contributed by atoms with Crippen molar-refractivity contribution >= 4 is 99.4 Å². The van der Waals surface area contributed by atoms with Crippen molar-refractivity contribution in [3.8, 4) is 11.1 Å². The third-order valence-electron chi connectivity index (χ3n) is 7.78. The summed E-state index contributed by atoms with van der Waals surface area (Å²) in [5.41, 5.74) is 14.9. The van der Waals surface area contributed by atoms with Gasteiger partial charge in [-0.2, -0.15) is 16.8 Å². The van der Waals surface area contributed by atoms with E-state index >= 15 is 0 Å². The summed E-state index contributed by atoms with van der Waals surface area (Å²) < 4.78 is 68.5. The summed E-state index contributed by atoms with van der Waals surface area (Å²) in [6.45, 7) is 0. The summed E-state index contributed by atoms with van der Waals surface area (Å²) in [4.78, 5) is 0.746. The van der Waals surface area contributed by atoms with Crippen molar-refractivity contribution in [1.82, 2.24) is 0 Å². The number of hydrogen-bond acceptors (Lipinski definition) is 12. The van der Waals surface area contributed by atoms with Crippen LogP contribution in [-0.2, 0) is 20.2 Å². The zero-order valence-electron chi connectivity index (χ0n) is 26.3. The van der Waals surface area contributed by atoms with Gasteiger partial charge in [-0.1, -0.05) is 60.7 Å². The Kier molecular flexibility index (Phi) is 9.67. The van der Waals surface area contributed by atoms with Crippen LogP contribution in [0.4, 0.5) is 34.1 Å². The highest BCUT2D eigenvalue weighted by atomic mass is 32.2. The zero-order chi connectivity index (χ0) is 35.8. The molecule has 0 heterocycles. The third-order valence-corrected chi connectivity index (χ3v) is 11.2. The number of thioether (sulfide) groups is 2. The SMILES string of the molecule is CSc1cc(-c2ccc(N=Nc3cc4ccccc4c(S(=O)(=O)O)c3N)c(SC)c2)ccc1N=Nc1cc2ccccc2c(S(=O)(=O)O)c1N. The number of fused-ring (bicyclic) bond motifs is 2. The molecule has 0 radical (unpaired) electrons. The molecule has 50 heavy (non-hydrogen) atoms. The van der Waals surface area contributed by atoms with E-state index in [9.17, 15) is 25.9 Å². The van der Waals surface area contributed by atoms with Gasteiger partial charge in [0.05, 0.1) is 22.7 Å². The van der Waals surface area contributed by atoms with Gasteiger partial charge in [-0.3, -0.25) is 9.11 Å². The topological polar surface area (TPSA) is 210 Å². The minimum Gasteiger partial charge on any atom is -0.396 e. The van der Waals surface area contributed by atoms with Crippen LogP contribution in [0.15, 0.2) is 137 Å². The molecule has 0 aromatic heterocycles. The first-order valence-corrected chi connectivity index (χ1v) is 19.9. The summed E-state index contributed by atoms with van der Waals surface area (Å²) in [6, 6.07) is 27.7. The van der Waals surface area contributed by atoms with Crippen LogP contribution >= 0.6 is 23.5 Å². The molecule has 0 bridgehead atoms. The second-order valence-electron chi connectivity index (χ2n) is 10.8. The van der Waals surface area contributed by atoms with Crippen molar-refractivity contribution in [2.45, 2.75) is 19.6 Å². The van der Waals surface area contributed by atoms with E-state index in [1.54, 1.807) is 72.8 Å². The Labute approximate surface area is 296 Å². The van der Waals surface area contributed by atoms with Gasteiger partial charge in [0.1, 0.15) is 21.2 Å². The van der Waals surface area contributed by atoms with Gasteiger partial charge in [0, 0.05) is 20.6 Å². The lowest BCUT2D eigenvalue weighted by molar-refractivity contribution is 0.482. The third kappa shape index (κ3) is 6.94. The van der Waals surface area contributed by atoms with E-state index in [1.807, 2.05) is 36.8 Å². The van der Waals surface area contributed by atoms with E-state index in [2.05, 4.69) is 20.5 Å². The number of nitrogen functional groups attached to an aromatic ring is 2. The zero-order valence-corrected chi connectivity index (χ0v) is 29.6. The highest BCUT2D eigenvalue weighted by Crippen LogP contribution is 2.41. The lowest BCUT2D eigenvalue weighted by Gasteiger charge is -2.11. The minimum absolute atomic E-state index is 0.0986. The molecule has 0 aliphatic heterocycles. The molecule has 0 atom stereocenters. The smallest absolute Gasteiger partial charge is 0.297 e. The first-order valence-electron chi connectivity index (χ1n) is 14.6. The average Bonchev–Trinajstić information content (AvgIpc) is 3.08. The van der Waals surface area contributed by atoms with Crippen LogP contribution in [0.1, 0.15) is 0 Å². The normalized spacial score (nSPS) is 12.5. The van der Waals surface area contributed by atoms with Crippen LogP contribution in [0.3, 0.4) is 0 Å². The monoisotopic (exact) mass is 744 g/mol. The Morgan fingerprint density at radius 2 is 0.880 bits per heavy atom. The Morgan fingerprint density at radius 3 is 1.24 bits per heavy atom. The molecule has 0 saturated heterocycles. The molecule has 16 heteroatoms. The molecule has 0 spiro atoms. The van der Waals surface area contributed by atoms with E-state index in [4.69, 9.17) is 11.5 Å². The standard InChI is InChI=1S/C34H28N6O6S4/c1-47-29-17-19(11-13-25(29)37-39-27-15-21-7-3-5-9-23(21)33(31(27)35)49(41,42)43)20-12-14-26(30(18-20)48-2)38-40-28-16-22-8-4-6-10-24(22)34(32(28)36)50(44,45)46/h3-18H,35-36H2,1-2H3,(H,41,42,43)(H,44,45,46). The van der Waals surface area contributed by atoms with E-state index in [1.165, 1.54) is 23.5 Å². The maximum Gasteiger partial charge on any atom is 0.297 e. The minimum atomic E-state index is -4.64. The Balaban J connectivity index is 1.32. The molecular weight excluding hydrogens is 717 g/mol. The molecule has 6 aromatic rings. The fraction of sp³-hybridized carbons (Fsp3) is 0.0588. The maximum absolute atomic E-state index is 12.2. The number of nitrogens with zero attached hydrogens (tertiary/aromatic N) is 4. The molecule has 0 saturated carbocycles. The average molecular weight is 745 g/mol. The van der Waals surface area contributed by atoms with Crippen LogP contribution in [0.5, 0.6) is 0 Å². The summed E-state index contributed by atoms with van der Waals surface area (Å²) in [5, 5.41) is 18.9. The maximum atomic E-state index is 12.2. The van der Waals surface area contributed by atoms with Crippen LogP contribution in [0, 0.1) is 0 Å². The van der Waals surface area contributed by atoms with Gasteiger partial charge in [-0.05, 0) is 70.8 Å². The van der Waals surface area contributed by atoms with Crippen molar-refractivity contribution in [2.24, 2.45) is 20.5 Å². The molecule has 6 rings (SSSR count). The van der Waals surface area contributed by atoms with E-state index < -0.39 is 30.0 Å². The quantitative estimate of drug-likeness (QED) is 0.0476. The molecule has 0 amide bonds. The molecule has 0 aliphatic carbocycles. The van der Waals surface area contributed by atoms with Crippen molar-refractivity contribution in [3.05, 3.63) is 97.1 Å². The summed E-state index contributed by atoms with van der Waals surface area (Å²) in [5.74, 6) is 0. The van der Waals surface area contributed by atoms with Crippen LogP contribution in [0.25, 0.3) is 32.7 Å². The highest BCUT2D eigenvalue weighted by molar-refractivity contribution is 7.99. The number of anilines is 2. The Hall–Kier alpha value is -4.84. The number of nitrogens with two attached hydrogens (primary N) is 2. The fourth-order valence-electron chi connectivity index (χ4n) is 5.45. The van der Waals surface area contributed by atoms with E-state index in [0.717, 1.165) is 20.9 Å². The van der Waals surface area contributed by atoms with E-state index in [-0.39, 0.29) is 33.5 Å². The number of benzene rings is 6. The Bertz CT molecular complexity index is 2430. The lowest BCUT2D eigenvalue weighted by atomic mass is 10.0. The van der Waals surface area contributed by atoms with Gasteiger partial charge >= 0.3 is 0 Å². The van der Waals surface area contributed by atoms with Crippen LogP contribution in [0.2, 0.25) is 0 Å². The van der Waals surface area contributed by atoms with Gasteiger partial charge in [-0.15, -0.1) is 44.0 Å². The second-order valence-corrected chi connectivity index (χ2v) is 15.3. The first kappa shape index (κ1) is 35.0. The van der Waals surface area contributed by atoms with Crippen molar-refractivity contribution in [2.75, 3.05) is 24.0 Å². The number of azo groups is 2. The van der Waals surface area contributed by atoms with Gasteiger partial charge in [0.2, 0.25) is 0 Å². The Morgan fingerprint density at radius 1 is 0.520 bits per heavy atom. The van der Waals surface area contributed by atoms with Crippen molar-refractivity contribution in [3.63, 3.8) is 0 Å². The molecule has 0 fully saturated rings. The molecular formula is C34H28N6O6S4. The number of rotatable bonds is 9. The highest BCUT2D eigenvalue weighted by Gasteiger charge is 2.23. The van der Waals surface area contributed by atoms with Crippen LogP contribution in [-0.4, -0.2) is 38.5 Å². The molecule has 0 unspecified atom stereocenters. The van der Waals surface area contributed by atoms with E-state index in [0.29, 0.717) is 22.1 Å². The van der Waals surface area contributed by atoms with Gasteiger partial charge < -0.3 is 11.5 Å². The summed E-state index contributed by atoms with van der Waals surface area (Å²) >= 11 is 2.89. The van der Waals surface area contributed by atoms with Gasteiger partial charge in [0.25, 0.3) is 20.2 Å². The molecule has 6 N–H and O–H groups in total. The molecule has 12 nitrogen and oxygen atoms in total. The van der Waals surface area contributed by atoms with Crippen molar-refractivity contribution in [1.29, 1.82) is 0 Å². The predicted octanol–water partition coefficient (Wildman–Crippen LogP) is 9.59. The van der Waals surface area contributed by atoms with Gasteiger partial charge in [0.15, 0.2) is 0 Å². The largest absolute Gasteiger partial charge is 0.396 e. The van der Waals surface area contributed by atoms with Crippen LogP contribution < -0.4 is 11.5 Å². The van der Waals surface area contributed by atoms with Gasteiger partial charge in [-0.25, -0.2) is 0 Å². The summed E-state index contributed by atoms with van der Waals surface area (Å²) in [6.07, 6.45) is 3.78. The number of hydrogen-bond donors (Lipinski definition) is 4. The lowest BCUT2D eigenvalue weighted by Crippen LogP contribution is -2.04. The molecule has 254 valence electrons. The second kappa shape index (κ2) is 13.8.